The van der Waals surface area contributed by atoms with Gasteiger partial charge in [0.05, 0.1) is 27.2 Å². The zero-order valence-corrected chi connectivity index (χ0v) is 20.5. The third-order valence-corrected chi connectivity index (χ3v) is 7.22. The normalized spacial score (nSPS) is 11.2. The number of rotatable bonds is 9. The highest BCUT2D eigenvalue weighted by atomic mass is 35.5. The number of carbonyl (C=O) groups excluding carboxylic acids is 1. The summed E-state index contributed by atoms with van der Waals surface area (Å²) in [5.74, 6) is -0.0962. The molecular weight excluding hydrogens is 483 g/mol. The van der Waals surface area contributed by atoms with Gasteiger partial charge in [0, 0.05) is 17.8 Å². The number of amides is 1. The summed E-state index contributed by atoms with van der Waals surface area (Å²) in [6.45, 7) is 4.47. The second kappa shape index (κ2) is 10.9. The first-order chi connectivity index (χ1) is 15.8. The molecule has 0 radical (unpaired) electrons. The van der Waals surface area contributed by atoms with Crippen molar-refractivity contribution in [2.45, 2.75) is 25.2 Å². The number of hydrogen-bond donors (Lipinski definition) is 1. The molecule has 174 valence electrons. The molecule has 33 heavy (non-hydrogen) atoms. The zero-order chi connectivity index (χ0) is 24.0. The monoisotopic (exact) mass is 506 g/mol. The molecule has 0 aliphatic heterocycles. The molecule has 0 atom stereocenters. The number of hydrogen-bond acceptors (Lipinski definition) is 4. The summed E-state index contributed by atoms with van der Waals surface area (Å²) in [5.41, 5.74) is 1.27. The van der Waals surface area contributed by atoms with Crippen molar-refractivity contribution in [1.29, 1.82) is 0 Å². The molecule has 0 fully saturated rings. The van der Waals surface area contributed by atoms with Gasteiger partial charge in [0.1, 0.15) is 0 Å². The number of nitrogens with one attached hydrogen (secondary N) is 1. The van der Waals surface area contributed by atoms with E-state index >= 15 is 0 Å². The maximum Gasteiger partial charge on any atom is 0.264 e. The van der Waals surface area contributed by atoms with Crippen LogP contribution in [0.4, 0.5) is 11.4 Å². The Hall–Kier alpha value is -2.74. The van der Waals surface area contributed by atoms with Gasteiger partial charge in [-0.05, 0) is 61.9 Å². The Kier molecular flexibility index (Phi) is 8.24. The lowest BCUT2D eigenvalue weighted by Gasteiger charge is -2.23. The molecule has 0 aliphatic rings. The Bertz CT molecular complexity index is 1190. The van der Waals surface area contributed by atoms with E-state index in [4.69, 9.17) is 27.9 Å². The number of halogens is 2. The minimum Gasteiger partial charge on any atom is -0.490 e. The molecule has 0 saturated carbocycles. The Balaban J connectivity index is 1.77. The van der Waals surface area contributed by atoms with Gasteiger partial charge in [-0.15, -0.1) is 0 Å². The third kappa shape index (κ3) is 5.79. The van der Waals surface area contributed by atoms with Crippen LogP contribution in [-0.2, 0) is 10.0 Å². The molecule has 3 rings (SSSR count). The van der Waals surface area contributed by atoms with Crippen LogP contribution < -0.4 is 14.4 Å². The van der Waals surface area contributed by atoms with Crippen LogP contribution in [0.2, 0.25) is 10.0 Å². The smallest absolute Gasteiger partial charge is 0.264 e. The highest BCUT2D eigenvalue weighted by Gasteiger charge is 2.23. The molecular formula is C24H24Cl2N2O4S. The van der Waals surface area contributed by atoms with Gasteiger partial charge in [0.2, 0.25) is 0 Å². The molecule has 1 amide bonds. The van der Waals surface area contributed by atoms with Crippen molar-refractivity contribution in [1.82, 2.24) is 0 Å². The molecule has 0 spiro atoms. The van der Waals surface area contributed by atoms with E-state index in [1.54, 1.807) is 31.2 Å². The van der Waals surface area contributed by atoms with Crippen LogP contribution in [-0.4, -0.2) is 27.5 Å². The average molecular weight is 507 g/mol. The predicted molar refractivity (Wildman–Crippen MR) is 133 cm³/mol. The number of ether oxygens (including phenoxy) is 1. The molecule has 3 aromatic rings. The summed E-state index contributed by atoms with van der Waals surface area (Å²) in [6, 6.07) is 17.8. The van der Waals surface area contributed by atoms with Gasteiger partial charge >= 0.3 is 0 Å². The lowest BCUT2D eigenvalue weighted by atomic mass is 10.2. The van der Waals surface area contributed by atoms with E-state index < -0.39 is 15.9 Å². The molecule has 0 saturated heterocycles. The number of benzene rings is 3. The number of sulfonamides is 1. The maximum absolute atomic E-state index is 13.1. The standard InChI is InChI=1S/C24H24Cl2N2O4S/c1-3-14-32-23-21(25)15-17(16-22(23)26)24(29)27-18-10-12-20(13-11-18)33(30,31)28(4-2)19-8-6-5-7-9-19/h5-13,15-16H,3-4,14H2,1-2H3,(H,27,29). The predicted octanol–water partition coefficient (Wildman–Crippen LogP) is 6.25. The Labute approximate surface area is 204 Å². The van der Waals surface area contributed by atoms with Gasteiger partial charge in [-0.1, -0.05) is 48.3 Å². The van der Waals surface area contributed by atoms with E-state index in [1.807, 2.05) is 13.0 Å². The number of para-hydroxylation sites is 1. The minimum absolute atomic E-state index is 0.120. The van der Waals surface area contributed by atoms with Crippen LogP contribution in [0, 0.1) is 0 Å². The number of carbonyl (C=O) groups is 1. The second-order valence-electron chi connectivity index (χ2n) is 7.10. The van der Waals surface area contributed by atoms with Crippen LogP contribution in [0.25, 0.3) is 0 Å². The fourth-order valence-corrected chi connectivity index (χ4v) is 5.23. The van der Waals surface area contributed by atoms with Gasteiger partial charge in [0.25, 0.3) is 15.9 Å². The van der Waals surface area contributed by atoms with Crippen LogP contribution in [0.1, 0.15) is 30.6 Å². The van der Waals surface area contributed by atoms with Crippen molar-refractivity contribution >= 4 is 50.5 Å². The van der Waals surface area contributed by atoms with E-state index in [0.29, 0.717) is 23.7 Å². The third-order valence-electron chi connectivity index (χ3n) is 4.74. The average Bonchev–Trinajstić information content (AvgIpc) is 2.80. The Morgan fingerprint density at radius 1 is 0.970 bits per heavy atom. The van der Waals surface area contributed by atoms with Crippen molar-refractivity contribution in [3.05, 3.63) is 82.3 Å². The van der Waals surface area contributed by atoms with Crippen molar-refractivity contribution in [3.63, 3.8) is 0 Å². The minimum atomic E-state index is -3.75. The largest absolute Gasteiger partial charge is 0.490 e. The van der Waals surface area contributed by atoms with Crippen molar-refractivity contribution in [3.8, 4) is 5.75 Å². The Morgan fingerprint density at radius 3 is 2.12 bits per heavy atom. The van der Waals surface area contributed by atoms with Crippen LogP contribution in [0.3, 0.4) is 0 Å². The summed E-state index contributed by atoms with van der Waals surface area (Å²) in [5, 5.41) is 3.20. The molecule has 9 heteroatoms. The van der Waals surface area contributed by atoms with Crippen molar-refractivity contribution in [2.75, 3.05) is 22.8 Å². The topological polar surface area (TPSA) is 75.7 Å². The first kappa shape index (κ1) is 24.9. The number of anilines is 2. The molecule has 0 aromatic heterocycles. The summed E-state index contributed by atoms with van der Waals surface area (Å²) in [4.78, 5) is 12.8. The van der Waals surface area contributed by atoms with Gasteiger partial charge in [-0.3, -0.25) is 9.10 Å². The molecule has 0 heterocycles. The first-order valence-corrected chi connectivity index (χ1v) is 12.6. The van der Waals surface area contributed by atoms with E-state index in [0.717, 1.165) is 6.42 Å². The molecule has 0 aliphatic carbocycles. The summed E-state index contributed by atoms with van der Waals surface area (Å²) >= 11 is 12.4. The molecule has 0 unspecified atom stereocenters. The van der Waals surface area contributed by atoms with Crippen molar-refractivity contribution < 1.29 is 17.9 Å². The quantitative estimate of drug-likeness (QED) is 0.372. The van der Waals surface area contributed by atoms with Gasteiger partial charge in [0.15, 0.2) is 5.75 Å². The van der Waals surface area contributed by atoms with Crippen LogP contribution >= 0.6 is 23.2 Å². The lowest BCUT2D eigenvalue weighted by Crippen LogP contribution is -2.30. The van der Waals surface area contributed by atoms with Crippen LogP contribution in [0.15, 0.2) is 71.6 Å². The summed E-state index contributed by atoms with van der Waals surface area (Å²) in [6.07, 6.45) is 0.794. The van der Waals surface area contributed by atoms with Gasteiger partial charge < -0.3 is 10.1 Å². The number of nitrogens with zero attached hydrogens (tertiary/aromatic N) is 1. The maximum atomic E-state index is 13.1. The molecule has 3 aromatic carbocycles. The first-order valence-electron chi connectivity index (χ1n) is 10.4. The molecule has 0 bridgehead atoms. The lowest BCUT2D eigenvalue weighted by molar-refractivity contribution is 0.102. The SMILES string of the molecule is CCCOc1c(Cl)cc(C(=O)Nc2ccc(S(=O)(=O)N(CC)c3ccccc3)cc2)cc1Cl. The van der Waals surface area contributed by atoms with Gasteiger partial charge in [-0.25, -0.2) is 8.42 Å². The fourth-order valence-electron chi connectivity index (χ4n) is 3.16. The summed E-state index contributed by atoms with van der Waals surface area (Å²) in [7, 11) is -3.75. The summed E-state index contributed by atoms with van der Waals surface area (Å²) < 4.78 is 33.0. The van der Waals surface area contributed by atoms with E-state index in [9.17, 15) is 13.2 Å². The zero-order valence-electron chi connectivity index (χ0n) is 18.2. The van der Waals surface area contributed by atoms with Crippen molar-refractivity contribution in [2.24, 2.45) is 0 Å². The highest BCUT2D eigenvalue weighted by molar-refractivity contribution is 7.92. The molecule has 1 N–H and O–H groups in total. The second-order valence-corrected chi connectivity index (χ2v) is 9.78. The van der Waals surface area contributed by atoms with E-state index in [-0.39, 0.29) is 27.0 Å². The Morgan fingerprint density at radius 2 is 1.58 bits per heavy atom. The highest BCUT2D eigenvalue weighted by Crippen LogP contribution is 2.34. The molecule has 6 nitrogen and oxygen atoms in total. The van der Waals surface area contributed by atoms with Gasteiger partial charge in [-0.2, -0.15) is 0 Å². The van der Waals surface area contributed by atoms with E-state index in [2.05, 4.69) is 5.32 Å². The van der Waals surface area contributed by atoms with Crippen LogP contribution in [0.5, 0.6) is 5.75 Å². The van der Waals surface area contributed by atoms with E-state index in [1.165, 1.54) is 40.7 Å². The fraction of sp³-hybridized carbons (Fsp3) is 0.208.